The van der Waals surface area contributed by atoms with Gasteiger partial charge in [0, 0.05) is 4.47 Å². The zero-order valence-electron chi connectivity index (χ0n) is 6.70. The summed E-state index contributed by atoms with van der Waals surface area (Å²) in [6.45, 7) is 2.00. The van der Waals surface area contributed by atoms with E-state index in [4.69, 9.17) is 4.74 Å². The number of halogens is 4. The smallest absolute Gasteiger partial charge is 0.201 e. The Kier molecular flexibility index (Phi) is 3.67. The van der Waals surface area contributed by atoms with Gasteiger partial charge in [0.25, 0.3) is 0 Å². The molecule has 0 N–H and O–H groups in total. The Labute approximate surface area is 91.3 Å². The first-order chi connectivity index (χ1) is 6.07. The molecular formula is C8H6Br2F2O. The Morgan fingerprint density at radius 2 is 1.92 bits per heavy atom. The van der Waals surface area contributed by atoms with Crippen LogP contribution in [0.3, 0.4) is 0 Å². The minimum absolute atomic E-state index is 0.0634. The van der Waals surface area contributed by atoms with E-state index in [1.807, 2.05) is 0 Å². The van der Waals surface area contributed by atoms with E-state index in [-0.39, 0.29) is 10.2 Å². The van der Waals surface area contributed by atoms with Gasteiger partial charge in [0.05, 0.1) is 11.1 Å². The molecule has 0 saturated carbocycles. The fraction of sp³-hybridized carbons (Fsp3) is 0.250. The maximum absolute atomic E-state index is 13.1. The van der Waals surface area contributed by atoms with Crippen LogP contribution in [-0.4, -0.2) is 6.61 Å². The van der Waals surface area contributed by atoms with Crippen molar-refractivity contribution in [3.63, 3.8) is 0 Å². The van der Waals surface area contributed by atoms with Gasteiger partial charge < -0.3 is 4.74 Å². The molecule has 1 rings (SSSR count). The van der Waals surface area contributed by atoms with Crippen molar-refractivity contribution in [3.05, 3.63) is 26.6 Å². The van der Waals surface area contributed by atoms with E-state index in [0.717, 1.165) is 0 Å². The number of ether oxygens (including phenoxy) is 1. The number of benzene rings is 1. The zero-order chi connectivity index (χ0) is 10.0. The molecule has 0 radical (unpaired) electrons. The van der Waals surface area contributed by atoms with Crippen LogP contribution in [0.25, 0.3) is 0 Å². The van der Waals surface area contributed by atoms with Crippen LogP contribution in [-0.2, 0) is 0 Å². The summed E-state index contributed by atoms with van der Waals surface area (Å²) in [5.41, 5.74) is 0. The second kappa shape index (κ2) is 4.37. The maximum Gasteiger partial charge on any atom is 0.201 e. The molecule has 0 aromatic heterocycles. The second-order valence-corrected chi connectivity index (χ2v) is 3.88. The molecule has 0 unspecified atom stereocenters. The molecule has 13 heavy (non-hydrogen) atoms. The van der Waals surface area contributed by atoms with E-state index >= 15 is 0 Å². The van der Waals surface area contributed by atoms with Gasteiger partial charge in [-0.05, 0) is 44.8 Å². The van der Waals surface area contributed by atoms with Crippen LogP contribution in [0.2, 0.25) is 0 Å². The molecule has 1 aromatic rings. The Hall–Kier alpha value is -0.160. The van der Waals surface area contributed by atoms with Crippen LogP contribution in [0.1, 0.15) is 6.92 Å². The van der Waals surface area contributed by atoms with Crippen LogP contribution in [0.15, 0.2) is 15.0 Å². The third-order valence-corrected chi connectivity index (χ3v) is 3.30. The lowest BCUT2D eigenvalue weighted by molar-refractivity contribution is 0.313. The molecule has 72 valence electrons. The summed E-state index contributed by atoms with van der Waals surface area (Å²) < 4.78 is 31.5. The molecule has 0 atom stereocenters. The Bertz CT molecular complexity index is 328. The first-order valence-electron chi connectivity index (χ1n) is 3.53. The molecule has 0 aliphatic rings. The highest BCUT2D eigenvalue weighted by atomic mass is 79.9. The molecule has 0 spiro atoms. The van der Waals surface area contributed by atoms with Gasteiger partial charge in [-0.15, -0.1) is 0 Å². The molecule has 0 aliphatic heterocycles. The summed E-state index contributed by atoms with van der Waals surface area (Å²) in [4.78, 5) is 0. The quantitative estimate of drug-likeness (QED) is 0.594. The first-order valence-corrected chi connectivity index (χ1v) is 5.12. The van der Waals surface area contributed by atoms with E-state index in [2.05, 4.69) is 31.9 Å². The third kappa shape index (κ3) is 2.20. The van der Waals surface area contributed by atoms with Gasteiger partial charge in [0.1, 0.15) is 0 Å². The van der Waals surface area contributed by atoms with Gasteiger partial charge in [-0.25, -0.2) is 4.39 Å². The fourth-order valence-corrected chi connectivity index (χ4v) is 1.48. The maximum atomic E-state index is 13.1. The average molecular weight is 316 g/mol. The van der Waals surface area contributed by atoms with Crippen LogP contribution >= 0.6 is 31.9 Å². The molecule has 5 heteroatoms. The van der Waals surface area contributed by atoms with Crippen molar-refractivity contribution in [3.8, 4) is 5.75 Å². The Morgan fingerprint density at radius 1 is 1.31 bits per heavy atom. The van der Waals surface area contributed by atoms with Gasteiger partial charge in [-0.2, -0.15) is 4.39 Å². The van der Waals surface area contributed by atoms with E-state index < -0.39 is 11.6 Å². The lowest BCUT2D eigenvalue weighted by Gasteiger charge is -2.07. The Morgan fingerprint density at radius 3 is 2.46 bits per heavy atom. The van der Waals surface area contributed by atoms with Crippen molar-refractivity contribution in [2.45, 2.75) is 6.92 Å². The standard InChI is InChI=1S/C8H6Br2F2O/c1-2-13-5-3-4(9)6(10)8(12)7(5)11/h3H,2H2,1H3. The lowest BCUT2D eigenvalue weighted by Crippen LogP contribution is -1.98. The predicted molar refractivity (Wildman–Crippen MR) is 52.9 cm³/mol. The average Bonchev–Trinajstić information content (AvgIpc) is 2.11. The van der Waals surface area contributed by atoms with E-state index in [1.54, 1.807) is 6.92 Å². The van der Waals surface area contributed by atoms with Crippen molar-refractivity contribution in [2.75, 3.05) is 6.61 Å². The number of rotatable bonds is 2. The molecule has 1 aromatic carbocycles. The summed E-state index contributed by atoms with van der Waals surface area (Å²) in [5, 5.41) is 0. The van der Waals surface area contributed by atoms with Gasteiger partial charge in [0.2, 0.25) is 5.82 Å². The summed E-state index contributed by atoms with van der Waals surface area (Å²) in [5.74, 6) is -2.01. The first kappa shape index (κ1) is 10.9. The van der Waals surface area contributed by atoms with Gasteiger partial charge >= 0.3 is 0 Å². The molecule has 1 nitrogen and oxygen atoms in total. The SMILES string of the molecule is CCOc1cc(Br)c(Br)c(F)c1F. The van der Waals surface area contributed by atoms with Crippen LogP contribution in [0.5, 0.6) is 5.75 Å². The highest BCUT2D eigenvalue weighted by Crippen LogP contribution is 2.33. The highest BCUT2D eigenvalue weighted by molar-refractivity contribution is 9.13. The van der Waals surface area contributed by atoms with Crippen LogP contribution in [0.4, 0.5) is 8.78 Å². The fourth-order valence-electron chi connectivity index (χ4n) is 0.812. The monoisotopic (exact) mass is 314 g/mol. The third-order valence-electron chi connectivity index (χ3n) is 1.37. The number of hydrogen-bond acceptors (Lipinski definition) is 1. The van der Waals surface area contributed by atoms with Crippen molar-refractivity contribution in [1.29, 1.82) is 0 Å². The molecule has 0 saturated heterocycles. The molecule has 0 fully saturated rings. The predicted octanol–water partition coefficient (Wildman–Crippen LogP) is 3.89. The van der Waals surface area contributed by atoms with E-state index in [1.165, 1.54) is 6.07 Å². The molecule has 0 heterocycles. The second-order valence-electron chi connectivity index (χ2n) is 2.23. The van der Waals surface area contributed by atoms with Gasteiger partial charge in [-0.1, -0.05) is 0 Å². The van der Waals surface area contributed by atoms with E-state index in [0.29, 0.717) is 11.1 Å². The molecule has 0 amide bonds. The minimum atomic E-state index is -0.975. The van der Waals surface area contributed by atoms with Crippen molar-refractivity contribution >= 4 is 31.9 Å². The van der Waals surface area contributed by atoms with Crippen molar-refractivity contribution in [1.82, 2.24) is 0 Å². The highest BCUT2D eigenvalue weighted by Gasteiger charge is 2.16. The zero-order valence-corrected chi connectivity index (χ0v) is 9.88. The minimum Gasteiger partial charge on any atom is -0.491 e. The summed E-state index contributed by atoms with van der Waals surface area (Å²) in [6.07, 6.45) is 0. The summed E-state index contributed by atoms with van der Waals surface area (Å²) >= 11 is 5.97. The van der Waals surface area contributed by atoms with Crippen molar-refractivity contribution < 1.29 is 13.5 Å². The normalized spacial score (nSPS) is 10.2. The topological polar surface area (TPSA) is 9.23 Å². The largest absolute Gasteiger partial charge is 0.491 e. The molecule has 0 aliphatic carbocycles. The summed E-state index contributed by atoms with van der Waals surface area (Å²) in [6, 6.07) is 1.38. The van der Waals surface area contributed by atoms with Crippen LogP contribution < -0.4 is 4.74 Å². The van der Waals surface area contributed by atoms with E-state index in [9.17, 15) is 8.78 Å². The van der Waals surface area contributed by atoms with Crippen molar-refractivity contribution in [2.24, 2.45) is 0 Å². The molecular weight excluding hydrogens is 310 g/mol. The molecule has 0 bridgehead atoms. The number of hydrogen-bond donors (Lipinski definition) is 0. The van der Waals surface area contributed by atoms with Gasteiger partial charge in [-0.3, -0.25) is 0 Å². The summed E-state index contributed by atoms with van der Waals surface area (Å²) in [7, 11) is 0. The lowest BCUT2D eigenvalue weighted by atomic mass is 10.3. The Balaban J connectivity index is 3.24. The van der Waals surface area contributed by atoms with Crippen LogP contribution in [0, 0.1) is 11.6 Å². The van der Waals surface area contributed by atoms with Gasteiger partial charge in [0.15, 0.2) is 11.6 Å².